The van der Waals surface area contributed by atoms with Crippen molar-refractivity contribution in [3.05, 3.63) is 59.2 Å². The number of ether oxygens (including phenoxy) is 2. The molecule has 0 aromatic heterocycles. The van der Waals surface area contributed by atoms with E-state index in [1.54, 1.807) is 7.11 Å². The monoisotopic (exact) mass is 297 g/mol. The molecular weight excluding hydrogens is 274 g/mol. The largest absolute Gasteiger partial charge is 0.497 e. The van der Waals surface area contributed by atoms with Crippen LogP contribution in [0.15, 0.2) is 42.5 Å². The number of hydrogen-bond acceptors (Lipinski definition) is 3. The van der Waals surface area contributed by atoms with Gasteiger partial charge in [0.2, 0.25) is 0 Å². The lowest BCUT2D eigenvalue weighted by Gasteiger charge is -2.16. The van der Waals surface area contributed by atoms with Gasteiger partial charge in [-0.2, -0.15) is 0 Å². The molecule has 1 aliphatic heterocycles. The van der Waals surface area contributed by atoms with Gasteiger partial charge in [-0.15, -0.1) is 0 Å². The van der Waals surface area contributed by atoms with Gasteiger partial charge in [-0.25, -0.2) is 0 Å². The SMILES string of the molecule is COc1ccc(CNCc2ccc3c(c2)CC(C)(C)O3)cc1. The predicted molar refractivity (Wildman–Crippen MR) is 88.4 cm³/mol. The van der Waals surface area contributed by atoms with Crippen LogP contribution in [0.25, 0.3) is 0 Å². The third kappa shape index (κ3) is 3.42. The van der Waals surface area contributed by atoms with Gasteiger partial charge >= 0.3 is 0 Å². The number of nitrogens with one attached hydrogen (secondary N) is 1. The fourth-order valence-corrected chi connectivity index (χ4v) is 2.87. The van der Waals surface area contributed by atoms with Gasteiger partial charge in [0.05, 0.1) is 7.11 Å². The molecular formula is C19H23NO2. The van der Waals surface area contributed by atoms with Crippen molar-refractivity contribution in [2.75, 3.05) is 7.11 Å². The highest BCUT2D eigenvalue weighted by molar-refractivity contribution is 5.41. The van der Waals surface area contributed by atoms with Gasteiger partial charge in [-0.1, -0.05) is 24.3 Å². The van der Waals surface area contributed by atoms with Gasteiger partial charge in [0.15, 0.2) is 0 Å². The van der Waals surface area contributed by atoms with Crippen LogP contribution in [-0.4, -0.2) is 12.7 Å². The minimum atomic E-state index is -0.0719. The van der Waals surface area contributed by atoms with E-state index in [0.717, 1.165) is 31.0 Å². The Labute approximate surface area is 132 Å². The van der Waals surface area contributed by atoms with E-state index in [4.69, 9.17) is 9.47 Å². The molecule has 0 saturated carbocycles. The van der Waals surface area contributed by atoms with Crippen LogP contribution < -0.4 is 14.8 Å². The molecule has 0 bridgehead atoms. The molecule has 0 fully saturated rings. The number of hydrogen-bond donors (Lipinski definition) is 1. The predicted octanol–water partition coefficient (Wildman–Crippen LogP) is 3.70. The summed E-state index contributed by atoms with van der Waals surface area (Å²) in [5, 5.41) is 3.49. The van der Waals surface area contributed by atoms with Crippen LogP contribution in [0.2, 0.25) is 0 Å². The van der Waals surface area contributed by atoms with Crippen LogP contribution >= 0.6 is 0 Å². The Balaban J connectivity index is 1.56. The summed E-state index contributed by atoms with van der Waals surface area (Å²) in [5.74, 6) is 1.92. The van der Waals surface area contributed by atoms with Crippen LogP contribution in [0.4, 0.5) is 0 Å². The van der Waals surface area contributed by atoms with Gasteiger partial charge in [0.1, 0.15) is 17.1 Å². The molecule has 3 heteroatoms. The summed E-state index contributed by atoms with van der Waals surface area (Å²) in [4.78, 5) is 0. The normalized spacial score (nSPS) is 15.2. The highest BCUT2D eigenvalue weighted by Gasteiger charge is 2.29. The second-order valence-electron chi connectivity index (χ2n) is 6.43. The minimum absolute atomic E-state index is 0.0719. The maximum atomic E-state index is 5.91. The average Bonchev–Trinajstić information content (AvgIpc) is 2.81. The molecule has 0 aliphatic carbocycles. The number of rotatable bonds is 5. The summed E-state index contributed by atoms with van der Waals surface area (Å²) in [5.41, 5.74) is 3.80. The Morgan fingerprint density at radius 2 is 1.73 bits per heavy atom. The lowest BCUT2D eigenvalue weighted by atomic mass is 10.0. The quantitative estimate of drug-likeness (QED) is 0.913. The molecule has 2 aromatic carbocycles. The maximum absolute atomic E-state index is 5.91. The van der Waals surface area contributed by atoms with Gasteiger partial charge in [-0.05, 0) is 48.7 Å². The van der Waals surface area contributed by atoms with E-state index in [1.807, 2.05) is 12.1 Å². The van der Waals surface area contributed by atoms with E-state index in [2.05, 4.69) is 49.5 Å². The molecule has 0 spiro atoms. The van der Waals surface area contributed by atoms with Crippen molar-refractivity contribution >= 4 is 0 Å². The van der Waals surface area contributed by atoms with Crippen LogP contribution in [0, 0.1) is 0 Å². The smallest absolute Gasteiger partial charge is 0.123 e. The summed E-state index contributed by atoms with van der Waals surface area (Å²) in [6, 6.07) is 14.6. The standard InChI is InChI=1S/C19H23NO2/c1-19(2)11-16-10-15(6-9-18(16)22-19)13-20-12-14-4-7-17(21-3)8-5-14/h4-10,20H,11-13H2,1-3H3. The van der Waals surface area contributed by atoms with Crippen molar-refractivity contribution < 1.29 is 9.47 Å². The van der Waals surface area contributed by atoms with E-state index in [1.165, 1.54) is 16.7 Å². The molecule has 1 heterocycles. The Bertz CT molecular complexity index is 647. The molecule has 0 atom stereocenters. The van der Waals surface area contributed by atoms with Crippen molar-refractivity contribution in [1.29, 1.82) is 0 Å². The van der Waals surface area contributed by atoms with E-state index in [9.17, 15) is 0 Å². The molecule has 3 nitrogen and oxygen atoms in total. The number of methoxy groups -OCH3 is 1. The van der Waals surface area contributed by atoms with Crippen molar-refractivity contribution in [1.82, 2.24) is 5.32 Å². The van der Waals surface area contributed by atoms with E-state index in [0.29, 0.717) is 0 Å². The molecule has 116 valence electrons. The molecule has 22 heavy (non-hydrogen) atoms. The second-order valence-corrected chi connectivity index (χ2v) is 6.43. The molecule has 0 amide bonds. The first kappa shape index (κ1) is 14.9. The van der Waals surface area contributed by atoms with Crippen molar-refractivity contribution in [3.8, 4) is 11.5 Å². The molecule has 2 aromatic rings. The van der Waals surface area contributed by atoms with Gasteiger partial charge in [0.25, 0.3) is 0 Å². The van der Waals surface area contributed by atoms with Gasteiger partial charge in [-0.3, -0.25) is 0 Å². The third-order valence-electron chi connectivity index (χ3n) is 3.94. The summed E-state index contributed by atoms with van der Waals surface area (Å²) in [6.07, 6.45) is 0.981. The zero-order chi connectivity index (χ0) is 15.6. The minimum Gasteiger partial charge on any atom is -0.497 e. The molecule has 1 aliphatic rings. The first-order valence-electron chi connectivity index (χ1n) is 7.70. The van der Waals surface area contributed by atoms with Crippen molar-refractivity contribution in [3.63, 3.8) is 0 Å². The zero-order valence-corrected chi connectivity index (χ0v) is 13.5. The first-order valence-corrected chi connectivity index (χ1v) is 7.70. The average molecular weight is 297 g/mol. The molecule has 0 saturated heterocycles. The van der Waals surface area contributed by atoms with E-state index in [-0.39, 0.29) is 5.60 Å². The summed E-state index contributed by atoms with van der Waals surface area (Å²) < 4.78 is 11.1. The van der Waals surface area contributed by atoms with Crippen LogP contribution in [-0.2, 0) is 19.5 Å². The van der Waals surface area contributed by atoms with Crippen LogP contribution in [0.3, 0.4) is 0 Å². The topological polar surface area (TPSA) is 30.5 Å². The summed E-state index contributed by atoms with van der Waals surface area (Å²) in [6.45, 7) is 5.98. The molecule has 0 radical (unpaired) electrons. The Morgan fingerprint density at radius 3 is 2.45 bits per heavy atom. The van der Waals surface area contributed by atoms with E-state index < -0.39 is 0 Å². The highest BCUT2D eigenvalue weighted by Crippen LogP contribution is 2.35. The molecule has 1 N–H and O–H groups in total. The maximum Gasteiger partial charge on any atom is 0.123 e. The summed E-state index contributed by atoms with van der Waals surface area (Å²) >= 11 is 0. The number of benzene rings is 2. The van der Waals surface area contributed by atoms with Crippen LogP contribution in [0.5, 0.6) is 11.5 Å². The lowest BCUT2D eigenvalue weighted by Crippen LogP contribution is -2.24. The van der Waals surface area contributed by atoms with Gasteiger partial charge < -0.3 is 14.8 Å². The number of fused-ring (bicyclic) bond motifs is 1. The van der Waals surface area contributed by atoms with Gasteiger partial charge in [0, 0.05) is 19.5 Å². The Morgan fingerprint density at radius 1 is 1.05 bits per heavy atom. The third-order valence-corrected chi connectivity index (χ3v) is 3.94. The molecule has 0 unspecified atom stereocenters. The van der Waals surface area contributed by atoms with Crippen molar-refractivity contribution in [2.24, 2.45) is 0 Å². The Kier molecular flexibility index (Phi) is 4.08. The second kappa shape index (κ2) is 6.01. The fraction of sp³-hybridized carbons (Fsp3) is 0.368. The van der Waals surface area contributed by atoms with Crippen LogP contribution in [0.1, 0.15) is 30.5 Å². The summed E-state index contributed by atoms with van der Waals surface area (Å²) in [7, 11) is 1.69. The highest BCUT2D eigenvalue weighted by atomic mass is 16.5. The lowest BCUT2D eigenvalue weighted by molar-refractivity contribution is 0.138. The fourth-order valence-electron chi connectivity index (χ4n) is 2.87. The van der Waals surface area contributed by atoms with E-state index >= 15 is 0 Å². The Hall–Kier alpha value is -2.00. The first-order chi connectivity index (χ1) is 10.6. The van der Waals surface area contributed by atoms with Crippen molar-refractivity contribution in [2.45, 2.75) is 39.0 Å². The zero-order valence-electron chi connectivity index (χ0n) is 13.5. The molecule has 3 rings (SSSR count).